The van der Waals surface area contributed by atoms with Crippen molar-refractivity contribution in [1.29, 1.82) is 0 Å². The van der Waals surface area contributed by atoms with Gasteiger partial charge in [-0.2, -0.15) is 0 Å². The van der Waals surface area contributed by atoms with Crippen LogP contribution in [0.3, 0.4) is 0 Å². The van der Waals surface area contributed by atoms with Crippen LogP contribution in [0.4, 0.5) is 5.69 Å². The Bertz CT molecular complexity index is 407. The van der Waals surface area contributed by atoms with E-state index in [0.29, 0.717) is 17.7 Å². The summed E-state index contributed by atoms with van der Waals surface area (Å²) < 4.78 is 6.56. The molecule has 1 N–H and O–H groups in total. The molecule has 1 unspecified atom stereocenters. The number of rotatable bonds is 5. The van der Waals surface area contributed by atoms with Gasteiger partial charge in [-0.15, -0.1) is 0 Å². The van der Waals surface area contributed by atoms with Crippen LogP contribution < -0.4 is 10.1 Å². The Morgan fingerprint density at radius 2 is 2.24 bits per heavy atom. The summed E-state index contributed by atoms with van der Waals surface area (Å²) in [5.74, 6) is 1.65. The van der Waals surface area contributed by atoms with Crippen LogP contribution in [-0.4, -0.2) is 12.6 Å². The molecule has 1 aromatic carbocycles. The van der Waals surface area contributed by atoms with Crippen LogP contribution in [0.1, 0.15) is 26.7 Å². The minimum atomic E-state index is 0.472. The standard InChI is InChI=1S/C13H17BrClNO/c1-3-17-13-11(14)6-10(15)7-12(13)16-8(2)9-4-5-9/h6-9,16H,3-5H2,1-2H3. The van der Waals surface area contributed by atoms with Gasteiger partial charge in [-0.25, -0.2) is 0 Å². The van der Waals surface area contributed by atoms with E-state index >= 15 is 0 Å². The van der Waals surface area contributed by atoms with Gasteiger partial charge in [0.05, 0.1) is 16.8 Å². The molecule has 0 aliphatic heterocycles. The van der Waals surface area contributed by atoms with Gasteiger partial charge in [0.2, 0.25) is 0 Å². The second kappa shape index (κ2) is 5.49. The fourth-order valence-electron chi connectivity index (χ4n) is 1.92. The molecule has 1 aliphatic carbocycles. The van der Waals surface area contributed by atoms with Crippen molar-refractivity contribution in [2.45, 2.75) is 32.7 Å². The van der Waals surface area contributed by atoms with Gasteiger partial charge in [0.1, 0.15) is 0 Å². The molecule has 1 saturated carbocycles. The molecule has 0 heterocycles. The summed E-state index contributed by atoms with van der Waals surface area (Å²) in [6.07, 6.45) is 2.64. The van der Waals surface area contributed by atoms with E-state index in [4.69, 9.17) is 16.3 Å². The molecule has 0 bridgehead atoms. The Balaban J connectivity index is 2.22. The Labute approximate surface area is 116 Å². The monoisotopic (exact) mass is 317 g/mol. The summed E-state index contributed by atoms with van der Waals surface area (Å²) in [5.41, 5.74) is 0.977. The van der Waals surface area contributed by atoms with Crippen LogP contribution in [0, 0.1) is 5.92 Å². The molecule has 1 fully saturated rings. The highest BCUT2D eigenvalue weighted by molar-refractivity contribution is 9.10. The van der Waals surface area contributed by atoms with Gasteiger partial charge in [0.15, 0.2) is 5.75 Å². The van der Waals surface area contributed by atoms with E-state index in [1.807, 2.05) is 19.1 Å². The first-order valence-electron chi connectivity index (χ1n) is 6.00. The van der Waals surface area contributed by atoms with Crippen molar-refractivity contribution in [1.82, 2.24) is 0 Å². The molecule has 4 heteroatoms. The van der Waals surface area contributed by atoms with Crippen molar-refractivity contribution < 1.29 is 4.74 Å². The predicted molar refractivity (Wildman–Crippen MR) is 76.1 cm³/mol. The Morgan fingerprint density at radius 3 is 2.82 bits per heavy atom. The number of nitrogens with one attached hydrogen (secondary N) is 1. The minimum Gasteiger partial charge on any atom is -0.491 e. The Hall–Kier alpha value is -0.410. The first-order chi connectivity index (χ1) is 8.11. The molecule has 94 valence electrons. The third-order valence-corrected chi connectivity index (χ3v) is 3.82. The second-order valence-electron chi connectivity index (χ2n) is 4.47. The lowest BCUT2D eigenvalue weighted by molar-refractivity contribution is 0.339. The summed E-state index contributed by atoms with van der Waals surface area (Å²) in [6, 6.07) is 4.26. The number of halogens is 2. The van der Waals surface area contributed by atoms with Crippen molar-refractivity contribution in [2.24, 2.45) is 5.92 Å². The quantitative estimate of drug-likeness (QED) is 0.849. The molecule has 2 rings (SSSR count). The Kier molecular flexibility index (Phi) is 4.21. The fourth-order valence-corrected chi connectivity index (χ4v) is 2.84. The first-order valence-corrected chi connectivity index (χ1v) is 7.17. The van der Waals surface area contributed by atoms with Gasteiger partial charge >= 0.3 is 0 Å². The third-order valence-electron chi connectivity index (χ3n) is 3.01. The molecule has 0 saturated heterocycles. The molecule has 0 spiro atoms. The van der Waals surface area contributed by atoms with E-state index < -0.39 is 0 Å². The van der Waals surface area contributed by atoms with Gasteiger partial charge in [0.25, 0.3) is 0 Å². The minimum absolute atomic E-state index is 0.472. The maximum atomic E-state index is 6.08. The molecule has 1 aliphatic rings. The molecule has 1 aromatic rings. The zero-order valence-corrected chi connectivity index (χ0v) is 12.4. The van der Waals surface area contributed by atoms with E-state index in [1.165, 1.54) is 12.8 Å². The average molecular weight is 319 g/mol. The highest BCUT2D eigenvalue weighted by Crippen LogP contribution is 2.40. The van der Waals surface area contributed by atoms with Crippen LogP contribution in [0.5, 0.6) is 5.75 Å². The van der Waals surface area contributed by atoms with E-state index in [-0.39, 0.29) is 0 Å². The van der Waals surface area contributed by atoms with Gasteiger partial charge in [0, 0.05) is 11.1 Å². The molecule has 0 aromatic heterocycles. The summed E-state index contributed by atoms with van der Waals surface area (Å²) in [5, 5.41) is 4.21. The lowest BCUT2D eigenvalue weighted by atomic mass is 10.2. The van der Waals surface area contributed by atoms with Crippen LogP contribution in [0.25, 0.3) is 0 Å². The maximum absolute atomic E-state index is 6.08. The number of hydrogen-bond donors (Lipinski definition) is 1. The van der Waals surface area contributed by atoms with E-state index in [0.717, 1.165) is 21.8 Å². The van der Waals surface area contributed by atoms with Crippen LogP contribution in [0.2, 0.25) is 5.02 Å². The van der Waals surface area contributed by atoms with E-state index in [1.54, 1.807) is 0 Å². The molecule has 0 radical (unpaired) electrons. The van der Waals surface area contributed by atoms with Crippen molar-refractivity contribution >= 4 is 33.2 Å². The molecule has 2 nitrogen and oxygen atoms in total. The summed E-state index contributed by atoms with van der Waals surface area (Å²) in [7, 11) is 0. The summed E-state index contributed by atoms with van der Waals surface area (Å²) in [4.78, 5) is 0. The maximum Gasteiger partial charge on any atom is 0.156 e. The zero-order chi connectivity index (χ0) is 12.4. The smallest absolute Gasteiger partial charge is 0.156 e. The average Bonchev–Trinajstić information content (AvgIpc) is 3.06. The predicted octanol–water partition coefficient (Wildman–Crippen LogP) is 4.71. The molecule has 1 atom stereocenters. The van der Waals surface area contributed by atoms with Gasteiger partial charge in [-0.3, -0.25) is 0 Å². The van der Waals surface area contributed by atoms with E-state index in [9.17, 15) is 0 Å². The molecule has 0 amide bonds. The second-order valence-corrected chi connectivity index (χ2v) is 5.76. The van der Waals surface area contributed by atoms with Crippen LogP contribution in [0.15, 0.2) is 16.6 Å². The normalized spacial score (nSPS) is 16.7. The highest BCUT2D eigenvalue weighted by Gasteiger charge is 2.28. The fraction of sp³-hybridized carbons (Fsp3) is 0.538. The molecular formula is C13H17BrClNO. The Morgan fingerprint density at radius 1 is 1.53 bits per heavy atom. The van der Waals surface area contributed by atoms with Gasteiger partial charge in [-0.05, 0) is 60.7 Å². The van der Waals surface area contributed by atoms with Crippen molar-refractivity contribution in [3.63, 3.8) is 0 Å². The largest absolute Gasteiger partial charge is 0.491 e. The van der Waals surface area contributed by atoms with Crippen molar-refractivity contribution in [3.8, 4) is 5.75 Å². The lowest BCUT2D eigenvalue weighted by Gasteiger charge is -2.19. The molecule has 17 heavy (non-hydrogen) atoms. The van der Waals surface area contributed by atoms with Gasteiger partial charge < -0.3 is 10.1 Å². The first kappa shape index (κ1) is 13.0. The number of anilines is 1. The van der Waals surface area contributed by atoms with E-state index in [2.05, 4.69) is 28.2 Å². The highest BCUT2D eigenvalue weighted by atomic mass is 79.9. The summed E-state index contributed by atoms with van der Waals surface area (Å²) >= 11 is 9.57. The topological polar surface area (TPSA) is 21.3 Å². The summed E-state index contributed by atoms with van der Waals surface area (Å²) in [6.45, 7) is 4.84. The molecular weight excluding hydrogens is 302 g/mol. The van der Waals surface area contributed by atoms with Gasteiger partial charge in [-0.1, -0.05) is 11.6 Å². The SMILES string of the molecule is CCOc1c(Br)cc(Cl)cc1NC(C)C1CC1. The lowest BCUT2D eigenvalue weighted by Crippen LogP contribution is -2.18. The zero-order valence-electron chi connectivity index (χ0n) is 10.1. The third kappa shape index (κ3) is 3.29. The number of ether oxygens (including phenoxy) is 1. The van der Waals surface area contributed by atoms with Crippen LogP contribution >= 0.6 is 27.5 Å². The van der Waals surface area contributed by atoms with Crippen LogP contribution in [-0.2, 0) is 0 Å². The van der Waals surface area contributed by atoms with Crippen molar-refractivity contribution in [2.75, 3.05) is 11.9 Å². The number of benzene rings is 1. The van der Waals surface area contributed by atoms with Crippen molar-refractivity contribution in [3.05, 3.63) is 21.6 Å². The number of hydrogen-bond acceptors (Lipinski definition) is 2.